The van der Waals surface area contributed by atoms with Gasteiger partial charge in [0.05, 0.1) is 16.9 Å². The Morgan fingerprint density at radius 1 is 1.21 bits per heavy atom. The summed E-state index contributed by atoms with van der Waals surface area (Å²) in [6, 6.07) is 8.39. The molecule has 0 atom stereocenters. The predicted molar refractivity (Wildman–Crippen MR) is 83.6 cm³/mol. The number of aromatic nitrogens is 2. The maximum absolute atomic E-state index is 11.1. The predicted octanol–water partition coefficient (Wildman–Crippen LogP) is 3.49. The van der Waals surface area contributed by atoms with Gasteiger partial charge in [-0.2, -0.15) is 0 Å². The zero-order chi connectivity index (χ0) is 16.7. The Morgan fingerprint density at radius 2 is 2.04 bits per heavy atom. The van der Waals surface area contributed by atoms with Crippen LogP contribution in [0.25, 0.3) is 5.65 Å². The smallest absolute Gasteiger partial charge is 0.337 e. The zero-order valence-electron chi connectivity index (χ0n) is 12.6. The van der Waals surface area contributed by atoms with Crippen LogP contribution >= 0.6 is 0 Å². The van der Waals surface area contributed by atoms with E-state index in [2.05, 4.69) is 15.2 Å². The van der Waals surface area contributed by atoms with E-state index in [-0.39, 0.29) is 12.4 Å². The minimum atomic E-state index is -1.01. The molecule has 0 saturated carbocycles. The first kappa shape index (κ1) is 14.2. The second kappa shape index (κ2) is 5.34. The number of rotatable bonds is 3. The SMILES string of the molecule is Cc1nc2ccc(C(=O)O)cn2c1N=Nc1ccc2c(c1)OCO2. The lowest BCUT2D eigenvalue weighted by molar-refractivity contribution is 0.0696. The van der Waals surface area contributed by atoms with Gasteiger partial charge >= 0.3 is 5.97 Å². The van der Waals surface area contributed by atoms with Crippen molar-refractivity contribution in [3.8, 4) is 11.5 Å². The molecule has 4 rings (SSSR count). The van der Waals surface area contributed by atoms with Gasteiger partial charge in [-0.3, -0.25) is 4.40 Å². The summed E-state index contributed by atoms with van der Waals surface area (Å²) in [5.74, 6) is 0.758. The van der Waals surface area contributed by atoms with Crippen molar-refractivity contribution >= 4 is 23.1 Å². The number of carboxylic acid groups (broad SMARTS) is 1. The van der Waals surface area contributed by atoms with Gasteiger partial charge in [0.25, 0.3) is 0 Å². The standard InChI is InChI=1S/C16H12N4O4/c1-9-15(20-7-10(16(21)22)2-5-14(20)17-9)19-18-11-3-4-12-13(6-11)24-8-23-12/h2-7H,8H2,1H3,(H,21,22). The summed E-state index contributed by atoms with van der Waals surface area (Å²) < 4.78 is 12.2. The third kappa shape index (κ3) is 2.34. The molecule has 1 aliphatic rings. The highest BCUT2D eigenvalue weighted by Crippen LogP contribution is 2.35. The number of fused-ring (bicyclic) bond motifs is 2. The van der Waals surface area contributed by atoms with Gasteiger partial charge in [0, 0.05) is 12.3 Å². The maximum atomic E-state index is 11.1. The maximum Gasteiger partial charge on any atom is 0.337 e. The molecule has 1 aromatic carbocycles. The van der Waals surface area contributed by atoms with Gasteiger partial charge in [0.15, 0.2) is 17.3 Å². The number of ether oxygens (including phenoxy) is 2. The number of carbonyl (C=O) groups is 1. The number of aromatic carboxylic acids is 1. The lowest BCUT2D eigenvalue weighted by Gasteiger charge is -1.99. The Morgan fingerprint density at radius 3 is 2.88 bits per heavy atom. The minimum absolute atomic E-state index is 0.152. The fourth-order valence-electron chi connectivity index (χ4n) is 2.45. The number of carboxylic acids is 1. The third-order valence-corrected chi connectivity index (χ3v) is 3.62. The average molecular weight is 324 g/mol. The van der Waals surface area contributed by atoms with Crippen LogP contribution in [0.15, 0.2) is 46.8 Å². The molecular weight excluding hydrogens is 312 g/mol. The molecule has 2 aromatic heterocycles. The van der Waals surface area contributed by atoms with E-state index in [0.717, 1.165) is 0 Å². The van der Waals surface area contributed by atoms with Crippen molar-refractivity contribution in [3.05, 3.63) is 47.8 Å². The molecule has 3 aromatic rings. The number of pyridine rings is 1. The Kier molecular flexibility index (Phi) is 3.16. The van der Waals surface area contributed by atoms with E-state index < -0.39 is 5.97 Å². The Hall–Kier alpha value is -3.42. The number of hydrogen-bond donors (Lipinski definition) is 1. The number of benzene rings is 1. The van der Waals surface area contributed by atoms with Crippen LogP contribution in [0, 0.1) is 6.92 Å². The summed E-state index contributed by atoms with van der Waals surface area (Å²) in [4.78, 5) is 15.5. The summed E-state index contributed by atoms with van der Waals surface area (Å²) in [6.45, 7) is 1.99. The van der Waals surface area contributed by atoms with Crippen LogP contribution < -0.4 is 9.47 Å². The van der Waals surface area contributed by atoms with E-state index in [4.69, 9.17) is 14.6 Å². The zero-order valence-corrected chi connectivity index (χ0v) is 12.6. The fraction of sp³-hybridized carbons (Fsp3) is 0.125. The Bertz CT molecular complexity index is 993. The lowest BCUT2D eigenvalue weighted by Crippen LogP contribution is -1.98. The first-order chi connectivity index (χ1) is 11.6. The molecule has 0 saturated heterocycles. The molecule has 0 radical (unpaired) electrons. The van der Waals surface area contributed by atoms with E-state index >= 15 is 0 Å². The molecule has 0 bridgehead atoms. The second-order valence-corrected chi connectivity index (χ2v) is 5.21. The van der Waals surface area contributed by atoms with Gasteiger partial charge in [-0.05, 0) is 31.2 Å². The molecule has 0 unspecified atom stereocenters. The van der Waals surface area contributed by atoms with Crippen molar-refractivity contribution in [1.82, 2.24) is 9.38 Å². The van der Waals surface area contributed by atoms with E-state index in [0.29, 0.717) is 34.3 Å². The second-order valence-electron chi connectivity index (χ2n) is 5.21. The summed E-state index contributed by atoms with van der Waals surface area (Å²) in [7, 11) is 0. The number of imidazole rings is 1. The normalized spacial score (nSPS) is 13.0. The van der Waals surface area contributed by atoms with Gasteiger partial charge in [0.1, 0.15) is 5.65 Å². The Balaban J connectivity index is 1.74. The van der Waals surface area contributed by atoms with Gasteiger partial charge < -0.3 is 14.6 Å². The summed E-state index contributed by atoms with van der Waals surface area (Å²) in [6.07, 6.45) is 1.48. The molecule has 1 N–H and O–H groups in total. The highest BCUT2D eigenvalue weighted by molar-refractivity contribution is 5.87. The van der Waals surface area contributed by atoms with Crippen LogP contribution in [0.2, 0.25) is 0 Å². The van der Waals surface area contributed by atoms with Crippen LogP contribution in [-0.4, -0.2) is 27.3 Å². The average Bonchev–Trinajstić information content (AvgIpc) is 3.15. The molecule has 8 heteroatoms. The molecule has 3 heterocycles. The van der Waals surface area contributed by atoms with Gasteiger partial charge in [-0.15, -0.1) is 10.2 Å². The summed E-state index contributed by atoms with van der Waals surface area (Å²) in [5.41, 5.74) is 2.02. The van der Waals surface area contributed by atoms with Gasteiger partial charge in [-0.25, -0.2) is 9.78 Å². The first-order valence-corrected chi connectivity index (χ1v) is 7.15. The van der Waals surface area contributed by atoms with E-state index in [9.17, 15) is 4.79 Å². The van der Waals surface area contributed by atoms with Crippen LogP contribution in [0.1, 0.15) is 16.1 Å². The number of azo groups is 1. The first-order valence-electron chi connectivity index (χ1n) is 7.15. The monoisotopic (exact) mass is 324 g/mol. The highest BCUT2D eigenvalue weighted by Gasteiger charge is 2.14. The lowest BCUT2D eigenvalue weighted by atomic mass is 10.3. The number of nitrogens with zero attached hydrogens (tertiary/aromatic N) is 4. The summed E-state index contributed by atoms with van der Waals surface area (Å²) >= 11 is 0. The largest absolute Gasteiger partial charge is 0.478 e. The van der Waals surface area contributed by atoms with Crippen LogP contribution in [0.5, 0.6) is 11.5 Å². The van der Waals surface area contributed by atoms with Crippen LogP contribution in [0.3, 0.4) is 0 Å². The minimum Gasteiger partial charge on any atom is -0.478 e. The van der Waals surface area contributed by atoms with Crippen molar-refractivity contribution in [2.75, 3.05) is 6.79 Å². The number of hydrogen-bond acceptors (Lipinski definition) is 6. The molecule has 8 nitrogen and oxygen atoms in total. The summed E-state index contributed by atoms with van der Waals surface area (Å²) in [5, 5.41) is 17.5. The van der Waals surface area contributed by atoms with E-state index in [1.807, 2.05) is 0 Å². The molecule has 0 fully saturated rings. The molecule has 0 aliphatic carbocycles. The molecule has 0 amide bonds. The van der Waals surface area contributed by atoms with E-state index in [1.165, 1.54) is 12.3 Å². The third-order valence-electron chi connectivity index (χ3n) is 3.62. The quantitative estimate of drug-likeness (QED) is 0.744. The van der Waals surface area contributed by atoms with Crippen LogP contribution in [-0.2, 0) is 0 Å². The molecule has 120 valence electrons. The van der Waals surface area contributed by atoms with Crippen molar-refractivity contribution in [2.24, 2.45) is 10.2 Å². The van der Waals surface area contributed by atoms with Gasteiger partial charge in [-0.1, -0.05) is 0 Å². The van der Waals surface area contributed by atoms with E-state index in [1.54, 1.807) is 35.6 Å². The molecule has 24 heavy (non-hydrogen) atoms. The topological polar surface area (TPSA) is 97.8 Å². The highest BCUT2D eigenvalue weighted by atomic mass is 16.7. The van der Waals surface area contributed by atoms with Gasteiger partial charge in [0.2, 0.25) is 6.79 Å². The number of aryl methyl sites for hydroxylation is 1. The van der Waals surface area contributed by atoms with Crippen molar-refractivity contribution < 1.29 is 19.4 Å². The fourth-order valence-corrected chi connectivity index (χ4v) is 2.45. The Labute approximate surface area is 136 Å². The molecule has 0 spiro atoms. The molecular formula is C16H12N4O4. The van der Waals surface area contributed by atoms with Crippen molar-refractivity contribution in [1.29, 1.82) is 0 Å². The van der Waals surface area contributed by atoms with Crippen molar-refractivity contribution in [2.45, 2.75) is 6.92 Å². The van der Waals surface area contributed by atoms with Crippen LogP contribution in [0.4, 0.5) is 11.5 Å². The van der Waals surface area contributed by atoms with Crippen molar-refractivity contribution in [3.63, 3.8) is 0 Å². The molecule has 1 aliphatic heterocycles.